The van der Waals surface area contributed by atoms with Gasteiger partial charge >= 0.3 is 0 Å². The van der Waals surface area contributed by atoms with E-state index in [-0.39, 0.29) is 11.9 Å². The molecule has 1 aromatic heterocycles. The van der Waals surface area contributed by atoms with E-state index in [1.165, 1.54) is 5.56 Å². The Bertz CT molecular complexity index is 817. The van der Waals surface area contributed by atoms with Gasteiger partial charge in [-0.3, -0.25) is 4.79 Å². The molecule has 1 amide bonds. The minimum absolute atomic E-state index is 0.179. The van der Waals surface area contributed by atoms with Crippen molar-refractivity contribution in [3.05, 3.63) is 40.2 Å². The van der Waals surface area contributed by atoms with Gasteiger partial charge in [-0.2, -0.15) is 0 Å². The van der Waals surface area contributed by atoms with Crippen molar-refractivity contribution in [1.82, 2.24) is 10.1 Å². The molecule has 1 aromatic carbocycles. The Labute approximate surface area is 177 Å². The van der Waals surface area contributed by atoms with E-state index in [0.717, 1.165) is 61.4 Å². The average molecular weight is 421 g/mol. The predicted molar refractivity (Wildman–Crippen MR) is 112 cm³/mol. The molecule has 1 aliphatic rings. The molecule has 1 fully saturated rings. The molecule has 2 heterocycles. The van der Waals surface area contributed by atoms with Crippen LogP contribution in [0.1, 0.15) is 48.9 Å². The summed E-state index contributed by atoms with van der Waals surface area (Å²) in [4.78, 5) is 15.0. The number of rotatable bonds is 8. The number of aromatic nitrogens is 1. The van der Waals surface area contributed by atoms with E-state index in [1.807, 2.05) is 19.1 Å². The molecule has 7 heteroatoms. The van der Waals surface area contributed by atoms with Gasteiger partial charge in [-0.15, -0.1) is 0 Å². The first-order valence-corrected chi connectivity index (χ1v) is 10.5. The lowest BCUT2D eigenvalue weighted by Crippen LogP contribution is -2.44. The normalized spacial score (nSPS) is 16.7. The second-order valence-electron chi connectivity index (χ2n) is 7.48. The van der Waals surface area contributed by atoms with Crippen LogP contribution in [0.15, 0.2) is 22.7 Å². The molecule has 3 rings (SSSR count). The molecule has 0 radical (unpaired) electrons. The first kappa shape index (κ1) is 21.5. The predicted octanol–water partition coefficient (Wildman–Crippen LogP) is 4.60. The Hall–Kier alpha value is -2.21. The lowest BCUT2D eigenvalue weighted by Gasteiger charge is -2.36. The van der Waals surface area contributed by atoms with E-state index >= 15 is 0 Å². The van der Waals surface area contributed by atoms with Crippen LogP contribution in [0.25, 0.3) is 0 Å². The summed E-state index contributed by atoms with van der Waals surface area (Å²) in [6.07, 6.45) is 6.09. The van der Waals surface area contributed by atoms with Crippen molar-refractivity contribution in [3.63, 3.8) is 0 Å². The number of aryl methyl sites for hydroxylation is 2. The number of hydrogen-bond acceptors (Lipinski definition) is 5. The van der Waals surface area contributed by atoms with Gasteiger partial charge in [0.2, 0.25) is 11.1 Å². The molecule has 1 atom stereocenters. The van der Waals surface area contributed by atoms with Gasteiger partial charge in [0.1, 0.15) is 0 Å². The van der Waals surface area contributed by atoms with Gasteiger partial charge < -0.3 is 18.9 Å². The van der Waals surface area contributed by atoms with Crippen LogP contribution in [0.5, 0.6) is 11.5 Å². The SMILES string of the molecule is COc1ccc(CCC2CCCCN2C(=O)CCc2c(C)noc2Cl)cc1OC. The zero-order valence-electron chi connectivity index (χ0n) is 17.4. The van der Waals surface area contributed by atoms with Gasteiger partial charge in [0.05, 0.1) is 19.9 Å². The quantitative estimate of drug-likeness (QED) is 0.624. The number of carbonyl (C=O) groups excluding carboxylic acids is 1. The van der Waals surface area contributed by atoms with E-state index in [4.69, 9.17) is 25.6 Å². The highest BCUT2D eigenvalue weighted by Gasteiger charge is 2.27. The van der Waals surface area contributed by atoms with E-state index in [2.05, 4.69) is 16.1 Å². The van der Waals surface area contributed by atoms with Gasteiger partial charge in [0.25, 0.3) is 0 Å². The number of piperidine rings is 1. The van der Waals surface area contributed by atoms with Crippen molar-refractivity contribution in [2.45, 2.75) is 57.9 Å². The van der Waals surface area contributed by atoms with Crippen molar-refractivity contribution in [3.8, 4) is 11.5 Å². The summed E-state index contributed by atoms with van der Waals surface area (Å²) < 4.78 is 15.7. The fraction of sp³-hybridized carbons (Fsp3) is 0.545. The number of nitrogens with zero attached hydrogens (tertiary/aromatic N) is 2. The van der Waals surface area contributed by atoms with Gasteiger partial charge in [-0.05, 0) is 74.7 Å². The van der Waals surface area contributed by atoms with Crippen LogP contribution in [0.4, 0.5) is 0 Å². The number of hydrogen-bond donors (Lipinski definition) is 0. The Kier molecular flexibility index (Phi) is 7.42. The van der Waals surface area contributed by atoms with Crippen LogP contribution >= 0.6 is 11.6 Å². The largest absolute Gasteiger partial charge is 0.493 e. The minimum atomic E-state index is 0.179. The fourth-order valence-corrected chi connectivity index (χ4v) is 4.28. The summed E-state index contributed by atoms with van der Waals surface area (Å²) in [5.41, 5.74) is 2.78. The molecule has 1 unspecified atom stereocenters. The molecule has 0 saturated carbocycles. The summed E-state index contributed by atoms with van der Waals surface area (Å²) in [5, 5.41) is 4.15. The van der Waals surface area contributed by atoms with E-state index in [1.54, 1.807) is 14.2 Å². The van der Waals surface area contributed by atoms with Crippen LogP contribution in [0.3, 0.4) is 0 Å². The summed E-state index contributed by atoms with van der Waals surface area (Å²) in [7, 11) is 3.28. The van der Waals surface area contributed by atoms with Crippen LogP contribution in [-0.2, 0) is 17.6 Å². The second kappa shape index (κ2) is 10.0. The third-order valence-corrected chi connectivity index (χ3v) is 5.98. The Morgan fingerprint density at radius 2 is 2.03 bits per heavy atom. The van der Waals surface area contributed by atoms with Crippen molar-refractivity contribution in [2.24, 2.45) is 0 Å². The molecule has 2 aromatic rings. The maximum absolute atomic E-state index is 12.9. The highest BCUT2D eigenvalue weighted by Crippen LogP contribution is 2.29. The average Bonchev–Trinajstić information content (AvgIpc) is 3.07. The van der Waals surface area contributed by atoms with Crippen molar-refractivity contribution in [2.75, 3.05) is 20.8 Å². The van der Waals surface area contributed by atoms with Crippen molar-refractivity contribution < 1.29 is 18.8 Å². The second-order valence-corrected chi connectivity index (χ2v) is 7.83. The van der Waals surface area contributed by atoms with Gasteiger partial charge in [0, 0.05) is 24.6 Å². The molecule has 0 spiro atoms. The molecular weight excluding hydrogens is 392 g/mol. The first-order valence-electron chi connectivity index (χ1n) is 10.1. The summed E-state index contributed by atoms with van der Waals surface area (Å²) >= 11 is 6.03. The number of carbonyl (C=O) groups is 1. The third kappa shape index (κ3) is 5.24. The molecule has 0 bridgehead atoms. The Balaban J connectivity index is 1.60. The number of likely N-dealkylation sites (tertiary alicyclic amines) is 1. The van der Waals surface area contributed by atoms with Crippen LogP contribution in [-0.4, -0.2) is 42.8 Å². The van der Waals surface area contributed by atoms with Crippen LogP contribution in [0.2, 0.25) is 5.22 Å². The molecular formula is C22H29ClN2O4. The molecule has 1 saturated heterocycles. The molecule has 158 valence electrons. The zero-order valence-corrected chi connectivity index (χ0v) is 18.1. The van der Waals surface area contributed by atoms with Crippen molar-refractivity contribution >= 4 is 17.5 Å². The lowest BCUT2D eigenvalue weighted by atomic mass is 9.95. The van der Waals surface area contributed by atoms with Gasteiger partial charge in [-0.1, -0.05) is 11.2 Å². The van der Waals surface area contributed by atoms with Gasteiger partial charge in [-0.25, -0.2) is 0 Å². The summed E-state index contributed by atoms with van der Waals surface area (Å²) in [5.74, 6) is 1.65. The third-order valence-electron chi connectivity index (χ3n) is 5.69. The number of ether oxygens (including phenoxy) is 2. The topological polar surface area (TPSA) is 64.8 Å². The fourth-order valence-electron chi connectivity index (χ4n) is 4.01. The Morgan fingerprint density at radius 1 is 1.24 bits per heavy atom. The van der Waals surface area contributed by atoms with Crippen LogP contribution in [0, 0.1) is 6.92 Å². The number of methoxy groups -OCH3 is 2. The molecule has 29 heavy (non-hydrogen) atoms. The molecule has 0 N–H and O–H groups in total. The smallest absolute Gasteiger partial charge is 0.229 e. The summed E-state index contributed by atoms with van der Waals surface area (Å²) in [6.45, 7) is 2.67. The minimum Gasteiger partial charge on any atom is -0.493 e. The van der Waals surface area contributed by atoms with Crippen LogP contribution < -0.4 is 9.47 Å². The summed E-state index contributed by atoms with van der Waals surface area (Å²) in [6, 6.07) is 6.28. The first-order chi connectivity index (χ1) is 14.0. The molecule has 1 aliphatic heterocycles. The zero-order chi connectivity index (χ0) is 20.8. The Morgan fingerprint density at radius 3 is 2.72 bits per heavy atom. The van der Waals surface area contributed by atoms with Gasteiger partial charge in [0.15, 0.2) is 11.5 Å². The van der Waals surface area contributed by atoms with E-state index in [0.29, 0.717) is 18.1 Å². The van der Waals surface area contributed by atoms with E-state index < -0.39 is 0 Å². The molecule has 0 aliphatic carbocycles. The monoisotopic (exact) mass is 420 g/mol. The van der Waals surface area contributed by atoms with E-state index in [9.17, 15) is 4.79 Å². The molecule has 6 nitrogen and oxygen atoms in total. The highest BCUT2D eigenvalue weighted by molar-refractivity contribution is 6.29. The van der Waals surface area contributed by atoms with Crippen molar-refractivity contribution in [1.29, 1.82) is 0 Å². The number of benzene rings is 1. The maximum atomic E-state index is 12.9. The standard InChI is InChI=1S/C22H29ClN2O4/c1-15-18(22(23)29-24-15)10-12-21(26)25-13-5-4-6-17(25)9-7-16-8-11-19(27-2)20(14-16)28-3/h8,11,14,17H,4-7,9-10,12-13H2,1-3H3. The number of halogens is 1. The highest BCUT2D eigenvalue weighted by atomic mass is 35.5. The lowest BCUT2D eigenvalue weighted by molar-refractivity contribution is -0.135. The number of amides is 1. The maximum Gasteiger partial charge on any atom is 0.229 e.